The number of hydrogen-bond acceptors (Lipinski definition) is 8. The fourth-order valence-electron chi connectivity index (χ4n) is 5.12. The second kappa shape index (κ2) is 13.6. The maximum Gasteiger partial charge on any atom is 0.282 e. The molecule has 10 nitrogen and oxygen atoms in total. The maximum atomic E-state index is 13.9. The van der Waals surface area contributed by atoms with E-state index in [-0.39, 0.29) is 24.0 Å². The molecule has 230 valence electrons. The monoisotopic (exact) mass is 662 g/mol. The second-order valence-electron chi connectivity index (χ2n) is 10.7. The van der Waals surface area contributed by atoms with E-state index in [1.165, 1.54) is 18.0 Å². The Balaban J connectivity index is 1.62. The van der Waals surface area contributed by atoms with E-state index in [0.29, 0.717) is 64.6 Å². The molecule has 1 saturated heterocycles. The number of amides is 1. The van der Waals surface area contributed by atoms with Gasteiger partial charge in [-0.3, -0.25) is 9.59 Å². The number of halogens is 1. The van der Waals surface area contributed by atoms with Gasteiger partial charge in [-0.2, -0.15) is 9.78 Å². The van der Waals surface area contributed by atoms with Crippen LogP contribution < -0.4 is 19.8 Å². The van der Waals surface area contributed by atoms with Gasteiger partial charge < -0.3 is 23.8 Å². The number of morpholine rings is 1. The lowest BCUT2D eigenvalue weighted by Gasteiger charge is -2.27. The Kier molecular flexibility index (Phi) is 9.65. The van der Waals surface area contributed by atoms with E-state index >= 15 is 0 Å². The summed E-state index contributed by atoms with van der Waals surface area (Å²) in [6.45, 7) is 7.95. The quantitative estimate of drug-likeness (QED) is 0.221. The molecule has 0 aliphatic carbocycles. The third-order valence-corrected chi connectivity index (χ3v) is 7.94. The van der Waals surface area contributed by atoms with Crippen LogP contribution >= 0.6 is 15.9 Å². The number of methoxy groups -OCH3 is 2. The molecule has 0 saturated carbocycles. The Morgan fingerprint density at radius 1 is 1.09 bits per heavy atom. The van der Waals surface area contributed by atoms with E-state index in [2.05, 4.69) is 34.9 Å². The van der Waals surface area contributed by atoms with Crippen molar-refractivity contribution in [1.82, 2.24) is 14.6 Å². The molecule has 1 amide bonds. The molecule has 4 aromatic rings. The lowest BCUT2D eigenvalue weighted by Crippen LogP contribution is -2.43. The predicted molar refractivity (Wildman–Crippen MR) is 173 cm³/mol. The van der Waals surface area contributed by atoms with Gasteiger partial charge in [0.25, 0.3) is 11.5 Å². The zero-order valence-corrected chi connectivity index (χ0v) is 27.0. The van der Waals surface area contributed by atoms with E-state index in [1.54, 1.807) is 36.3 Å². The highest BCUT2D eigenvalue weighted by atomic mass is 79.9. The Hall–Kier alpha value is -4.22. The molecule has 0 bridgehead atoms. The van der Waals surface area contributed by atoms with Crippen molar-refractivity contribution < 1.29 is 23.7 Å². The number of rotatable bonds is 9. The average molecular weight is 664 g/mol. The number of nitrogens with zero attached hydrogens (tertiary/aromatic N) is 4. The predicted octanol–water partition coefficient (Wildman–Crippen LogP) is 5.39. The Morgan fingerprint density at radius 3 is 2.52 bits per heavy atom. The van der Waals surface area contributed by atoms with Crippen LogP contribution in [0.2, 0.25) is 0 Å². The zero-order valence-electron chi connectivity index (χ0n) is 25.4. The van der Waals surface area contributed by atoms with Crippen LogP contribution in [0.3, 0.4) is 0 Å². The lowest BCUT2D eigenvalue weighted by molar-refractivity contribution is -0.137. The minimum Gasteiger partial charge on any atom is -0.496 e. The van der Waals surface area contributed by atoms with Crippen molar-refractivity contribution in [1.29, 1.82) is 0 Å². The van der Waals surface area contributed by atoms with Crippen LogP contribution in [0.5, 0.6) is 17.2 Å². The molecule has 5 rings (SSSR count). The number of ether oxygens (including phenoxy) is 4. The van der Waals surface area contributed by atoms with Crippen LogP contribution in [0.15, 0.2) is 62.9 Å². The first-order valence-electron chi connectivity index (χ1n) is 14.3. The molecule has 0 unspecified atom stereocenters. The molecule has 1 aliphatic heterocycles. The molecule has 3 aromatic carbocycles. The van der Waals surface area contributed by atoms with Crippen molar-refractivity contribution >= 4 is 39.0 Å². The van der Waals surface area contributed by atoms with Gasteiger partial charge in [0.1, 0.15) is 5.75 Å². The number of benzene rings is 3. The summed E-state index contributed by atoms with van der Waals surface area (Å²) in [5, 5.41) is 5.11. The smallest absolute Gasteiger partial charge is 0.282 e. The van der Waals surface area contributed by atoms with Gasteiger partial charge in [-0.05, 0) is 60.4 Å². The molecule has 1 aliphatic rings. The van der Waals surface area contributed by atoms with Gasteiger partial charge >= 0.3 is 0 Å². The van der Waals surface area contributed by atoms with Crippen molar-refractivity contribution in [2.24, 2.45) is 5.10 Å². The van der Waals surface area contributed by atoms with E-state index in [0.717, 1.165) is 22.4 Å². The van der Waals surface area contributed by atoms with Crippen molar-refractivity contribution in [2.75, 3.05) is 47.1 Å². The van der Waals surface area contributed by atoms with E-state index in [4.69, 9.17) is 23.9 Å². The molecule has 11 heteroatoms. The van der Waals surface area contributed by atoms with Crippen LogP contribution in [0, 0.1) is 6.92 Å². The number of carbonyl (C=O) groups is 1. The molecule has 0 spiro atoms. The van der Waals surface area contributed by atoms with Crippen molar-refractivity contribution in [3.05, 3.63) is 80.0 Å². The van der Waals surface area contributed by atoms with Gasteiger partial charge in [-0.1, -0.05) is 41.9 Å². The van der Waals surface area contributed by atoms with Crippen LogP contribution in [-0.4, -0.2) is 73.8 Å². The summed E-state index contributed by atoms with van der Waals surface area (Å²) in [6, 6.07) is 14.7. The Morgan fingerprint density at radius 2 is 1.82 bits per heavy atom. The fraction of sp³-hybridized carbons (Fsp3) is 0.333. The second-order valence-corrected chi connectivity index (χ2v) is 11.6. The summed E-state index contributed by atoms with van der Waals surface area (Å²) in [4.78, 5) is 33.4. The van der Waals surface area contributed by atoms with Gasteiger partial charge in [0.15, 0.2) is 23.9 Å². The first-order valence-corrected chi connectivity index (χ1v) is 15.1. The van der Waals surface area contributed by atoms with Crippen molar-refractivity contribution in [3.63, 3.8) is 0 Å². The highest BCUT2D eigenvalue weighted by Crippen LogP contribution is 2.36. The minimum absolute atomic E-state index is 0.158. The van der Waals surface area contributed by atoms with Gasteiger partial charge in [0.2, 0.25) is 0 Å². The van der Waals surface area contributed by atoms with E-state index in [9.17, 15) is 9.59 Å². The standard InChI is InChI=1S/C33H35BrN4O6/c1-20(2)25-17-26(21(3)14-28(25)41-4)32-36-27-9-7-6-8-24(27)33(40)38(32)35-18-22-15-23(34)16-29(42-5)31(22)44-19-30(39)37-10-12-43-13-11-37/h6-9,14-18,20H,10-13,19H2,1-5H3. The fourth-order valence-corrected chi connectivity index (χ4v) is 5.58. The summed E-state index contributed by atoms with van der Waals surface area (Å²) >= 11 is 3.52. The Labute approximate surface area is 264 Å². The first-order chi connectivity index (χ1) is 21.2. The molecule has 0 atom stereocenters. The molecule has 0 N–H and O–H groups in total. The van der Waals surface area contributed by atoms with Gasteiger partial charge in [-0.25, -0.2) is 4.98 Å². The molecular weight excluding hydrogens is 628 g/mol. The number of para-hydroxylation sites is 1. The highest BCUT2D eigenvalue weighted by molar-refractivity contribution is 9.10. The van der Waals surface area contributed by atoms with Gasteiger partial charge in [-0.15, -0.1) is 0 Å². The SMILES string of the molecule is COc1cc(C)c(-c2nc3ccccc3c(=O)n2N=Cc2cc(Br)cc(OC)c2OCC(=O)N2CCOCC2)cc1C(C)C. The normalized spacial score (nSPS) is 13.6. The lowest BCUT2D eigenvalue weighted by atomic mass is 9.96. The molecule has 2 heterocycles. The largest absolute Gasteiger partial charge is 0.496 e. The first kappa shape index (κ1) is 31.2. The summed E-state index contributed by atoms with van der Waals surface area (Å²) in [6.07, 6.45) is 1.52. The van der Waals surface area contributed by atoms with Gasteiger partial charge in [0.05, 0.1) is 44.6 Å². The summed E-state index contributed by atoms with van der Waals surface area (Å²) < 4.78 is 24.6. The number of fused-ring (bicyclic) bond motifs is 1. The molecule has 44 heavy (non-hydrogen) atoms. The highest BCUT2D eigenvalue weighted by Gasteiger charge is 2.21. The van der Waals surface area contributed by atoms with Crippen molar-refractivity contribution in [2.45, 2.75) is 26.7 Å². The molecule has 0 radical (unpaired) electrons. The molecule has 1 fully saturated rings. The summed E-state index contributed by atoms with van der Waals surface area (Å²) in [7, 11) is 3.17. The number of aromatic nitrogens is 2. The van der Waals surface area contributed by atoms with Crippen LogP contribution in [0.25, 0.3) is 22.3 Å². The van der Waals surface area contributed by atoms with Crippen LogP contribution in [0.1, 0.15) is 36.5 Å². The van der Waals surface area contributed by atoms with Crippen LogP contribution in [0.4, 0.5) is 0 Å². The molecule has 1 aromatic heterocycles. The third kappa shape index (κ3) is 6.48. The zero-order chi connectivity index (χ0) is 31.4. The summed E-state index contributed by atoms with van der Waals surface area (Å²) in [5.41, 5.74) is 3.38. The number of hydrogen-bond donors (Lipinski definition) is 0. The number of aryl methyl sites for hydroxylation is 1. The third-order valence-electron chi connectivity index (χ3n) is 7.48. The average Bonchev–Trinajstić information content (AvgIpc) is 3.03. The Bertz CT molecular complexity index is 1780. The number of carbonyl (C=O) groups excluding carboxylic acids is 1. The minimum atomic E-state index is -0.324. The summed E-state index contributed by atoms with van der Waals surface area (Å²) in [5.74, 6) is 1.91. The van der Waals surface area contributed by atoms with Gasteiger partial charge in [0, 0.05) is 28.7 Å². The maximum absolute atomic E-state index is 13.9. The topological polar surface area (TPSA) is 104 Å². The van der Waals surface area contributed by atoms with E-state index < -0.39 is 0 Å². The van der Waals surface area contributed by atoms with Crippen LogP contribution in [-0.2, 0) is 9.53 Å². The van der Waals surface area contributed by atoms with Crippen molar-refractivity contribution in [3.8, 4) is 28.6 Å². The molecular formula is C33H35BrN4O6. The van der Waals surface area contributed by atoms with E-state index in [1.807, 2.05) is 31.2 Å².